The lowest BCUT2D eigenvalue weighted by Gasteiger charge is -2.39. The number of hydrogen-bond acceptors (Lipinski definition) is 4. The SMILES string of the molecule is CN(C)C(=O)C1CN(C(=O)c2ccc3c(c2)OCO3)C1. The molecule has 0 radical (unpaired) electrons. The summed E-state index contributed by atoms with van der Waals surface area (Å²) in [5.74, 6) is 1.16. The Labute approximate surface area is 116 Å². The van der Waals surface area contributed by atoms with Crippen LogP contribution in [0.25, 0.3) is 0 Å². The maximum atomic E-state index is 12.3. The van der Waals surface area contributed by atoms with Crippen molar-refractivity contribution in [3.05, 3.63) is 23.8 Å². The molecule has 0 unspecified atom stereocenters. The normalized spacial score (nSPS) is 16.8. The highest BCUT2D eigenvalue weighted by Gasteiger charge is 2.37. The molecule has 0 aliphatic carbocycles. The Morgan fingerprint density at radius 1 is 1.20 bits per heavy atom. The summed E-state index contributed by atoms with van der Waals surface area (Å²) >= 11 is 0. The van der Waals surface area contributed by atoms with E-state index in [1.54, 1.807) is 42.1 Å². The van der Waals surface area contributed by atoms with Crippen LogP contribution in [-0.2, 0) is 4.79 Å². The van der Waals surface area contributed by atoms with Gasteiger partial charge in [-0.15, -0.1) is 0 Å². The largest absolute Gasteiger partial charge is 0.454 e. The summed E-state index contributed by atoms with van der Waals surface area (Å²) in [7, 11) is 3.45. The number of ether oxygens (including phenoxy) is 2. The zero-order chi connectivity index (χ0) is 14.3. The van der Waals surface area contributed by atoms with E-state index >= 15 is 0 Å². The maximum Gasteiger partial charge on any atom is 0.254 e. The van der Waals surface area contributed by atoms with Gasteiger partial charge in [0.05, 0.1) is 5.92 Å². The van der Waals surface area contributed by atoms with Crippen molar-refractivity contribution in [2.24, 2.45) is 5.92 Å². The summed E-state index contributed by atoms with van der Waals surface area (Å²) in [5, 5.41) is 0. The number of nitrogens with zero attached hydrogens (tertiary/aromatic N) is 2. The number of benzene rings is 1. The van der Waals surface area contributed by atoms with Crippen molar-refractivity contribution in [2.45, 2.75) is 0 Å². The van der Waals surface area contributed by atoms with Gasteiger partial charge in [0.1, 0.15) is 0 Å². The van der Waals surface area contributed by atoms with Gasteiger partial charge in [0, 0.05) is 32.7 Å². The molecular formula is C14H16N2O4. The Morgan fingerprint density at radius 3 is 2.60 bits per heavy atom. The third-order valence-electron chi connectivity index (χ3n) is 3.58. The first-order chi connectivity index (χ1) is 9.56. The van der Waals surface area contributed by atoms with Crippen molar-refractivity contribution in [2.75, 3.05) is 34.0 Å². The molecule has 3 rings (SSSR count). The maximum absolute atomic E-state index is 12.3. The number of likely N-dealkylation sites (tertiary alicyclic amines) is 1. The molecule has 1 fully saturated rings. The molecule has 2 aliphatic heterocycles. The van der Waals surface area contributed by atoms with E-state index in [2.05, 4.69) is 0 Å². The van der Waals surface area contributed by atoms with Gasteiger partial charge in [0.2, 0.25) is 12.7 Å². The summed E-state index contributed by atoms with van der Waals surface area (Å²) < 4.78 is 10.5. The molecule has 2 aliphatic rings. The van der Waals surface area contributed by atoms with Gasteiger partial charge in [-0.2, -0.15) is 0 Å². The van der Waals surface area contributed by atoms with Crippen LogP contribution < -0.4 is 9.47 Å². The predicted molar refractivity (Wildman–Crippen MR) is 70.7 cm³/mol. The Bertz CT molecular complexity index is 564. The highest BCUT2D eigenvalue weighted by Crippen LogP contribution is 2.33. The van der Waals surface area contributed by atoms with Gasteiger partial charge in [-0.1, -0.05) is 0 Å². The van der Waals surface area contributed by atoms with E-state index in [1.807, 2.05) is 0 Å². The van der Waals surface area contributed by atoms with E-state index in [0.29, 0.717) is 30.2 Å². The van der Waals surface area contributed by atoms with Crippen molar-refractivity contribution in [1.29, 1.82) is 0 Å². The van der Waals surface area contributed by atoms with Crippen LogP contribution in [-0.4, -0.2) is 55.6 Å². The van der Waals surface area contributed by atoms with Crippen LogP contribution in [0.15, 0.2) is 18.2 Å². The molecule has 1 saturated heterocycles. The number of rotatable bonds is 2. The van der Waals surface area contributed by atoms with Crippen molar-refractivity contribution < 1.29 is 19.1 Å². The van der Waals surface area contributed by atoms with Crippen molar-refractivity contribution in [1.82, 2.24) is 9.80 Å². The standard InChI is InChI=1S/C14H16N2O4/c1-15(2)13(17)10-6-16(7-10)14(18)9-3-4-11-12(5-9)20-8-19-11/h3-5,10H,6-8H2,1-2H3. The number of hydrogen-bond donors (Lipinski definition) is 0. The van der Waals surface area contributed by atoms with Gasteiger partial charge in [-0.3, -0.25) is 9.59 Å². The van der Waals surface area contributed by atoms with Crippen LogP contribution >= 0.6 is 0 Å². The molecule has 1 aromatic rings. The van der Waals surface area contributed by atoms with Crippen molar-refractivity contribution in [3.8, 4) is 11.5 Å². The van der Waals surface area contributed by atoms with E-state index in [-0.39, 0.29) is 24.5 Å². The molecule has 2 amide bonds. The second kappa shape index (κ2) is 4.70. The lowest BCUT2D eigenvalue weighted by atomic mass is 9.97. The average molecular weight is 276 g/mol. The van der Waals surface area contributed by atoms with Crippen LogP contribution in [0.3, 0.4) is 0 Å². The van der Waals surface area contributed by atoms with Crippen molar-refractivity contribution >= 4 is 11.8 Å². The molecule has 106 valence electrons. The monoisotopic (exact) mass is 276 g/mol. The van der Waals surface area contributed by atoms with Crippen LogP contribution in [0.4, 0.5) is 0 Å². The average Bonchev–Trinajstić information content (AvgIpc) is 2.83. The number of fused-ring (bicyclic) bond motifs is 1. The van der Waals surface area contributed by atoms with Gasteiger partial charge < -0.3 is 19.3 Å². The van der Waals surface area contributed by atoms with Gasteiger partial charge in [-0.25, -0.2) is 0 Å². The van der Waals surface area contributed by atoms with Gasteiger partial charge in [0.25, 0.3) is 5.91 Å². The van der Waals surface area contributed by atoms with Gasteiger partial charge in [0.15, 0.2) is 11.5 Å². The molecule has 0 N–H and O–H groups in total. The van der Waals surface area contributed by atoms with E-state index in [9.17, 15) is 9.59 Å². The summed E-state index contributed by atoms with van der Waals surface area (Å²) in [5.41, 5.74) is 0.560. The highest BCUT2D eigenvalue weighted by molar-refractivity contribution is 5.96. The molecule has 0 bridgehead atoms. The lowest BCUT2D eigenvalue weighted by molar-refractivity contribution is -0.137. The number of carbonyl (C=O) groups is 2. The zero-order valence-electron chi connectivity index (χ0n) is 11.5. The van der Waals surface area contributed by atoms with E-state index in [4.69, 9.17) is 9.47 Å². The van der Waals surface area contributed by atoms with Gasteiger partial charge in [-0.05, 0) is 18.2 Å². The Balaban J connectivity index is 1.65. The Hall–Kier alpha value is -2.24. The molecule has 20 heavy (non-hydrogen) atoms. The number of amides is 2. The second-order valence-corrected chi connectivity index (χ2v) is 5.21. The molecule has 0 aromatic heterocycles. The van der Waals surface area contributed by atoms with Crippen LogP contribution in [0.5, 0.6) is 11.5 Å². The van der Waals surface area contributed by atoms with Crippen LogP contribution in [0, 0.1) is 5.92 Å². The third kappa shape index (κ3) is 2.07. The van der Waals surface area contributed by atoms with E-state index in [1.165, 1.54) is 0 Å². The lowest BCUT2D eigenvalue weighted by Crippen LogP contribution is -2.55. The van der Waals surface area contributed by atoms with Crippen LogP contribution in [0.1, 0.15) is 10.4 Å². The molecule has 0 saturated carbocycles. The third-order valence-corrected chi connectivity index (χ3v) is 3.58. The first-order valence-corrected chi connectivity index (χ1v) is 6.46. The summed E-state index contributed by atoms with van der Waals surface area (Å²) in [6, 6.07) is 5.14. The van der Waals surface area contributed by atoms with Gasteiger partial charge >= 0.3 is 0 Å². The number of carbonyl (C=O) groups excluding carboxylic acids is 2. The summed E-state index contributed by atoms with van der Waals surface area (Å²) in [6.07, 6.45) is 0. The minimum Gasteiger partial charge on any atom is -0.454 e. The topological polar surface area (TPSA) is 59.1 Å². The van der Waals surface area contributed by atoms with E-state index in [0.717, 1.165) is 0 Å². The zero-order valence-corrected chi connectivity index (χ0v) is 11.5. The molecule has 0 atom stereocenters. The molecule has 6 nitrogen and oxygen atoms in total. The highest BCUT2D eigenvalue weighted by atomic mass is 16.7. The minimum atomic E-state index is -0.0806. The van der Waals surface area contributed by atoms with E-state index < -0.39 is 0 Å². The molecular weight excluding hydrogens is 260 g/mol. The fourth-order valence-corrected chi connectivity index (χ4v) is 2.38. The fraction of sp³-hybridized carbons (Fsp3) is 0.429. The smallest absolute Gasteiger partial charge is 0.254 e. The Kier molecular flexibility index (Phi) is 3.00. The molecule has 0 spiro atoms. The first-order valence-electron chi connectivity index (χ1n) is 6.46. The molecule has 1 aromatic carbocycles. The quantitative estimate of drug-likeness (QED) is 0.792. The Morgan fingerprint density at radius 2 is 1.90 bits per heavy atom. The van der Waals surface area contributed by atoms with Crippen LogP contribution in [0.2, 0.25) is 0 Å². The van der Waals surface area contributed by atoms with Crippen molar-refractivity contribution in [3.63, 3.8) is 0 Å². The minimum absolute atomic E-state index is 0.0692. The summed E-state index contributed by atoms with van der Waals surface area (Å²) in [6.45, 7) is 1.14. The summed E-state index contributed by atoms with van der Waals surface area (Å²) in [4.78, 5) is 27.2. The second-order valence-electron chi connectivity index (χ2n) is 5.21. The fourth-order valence-electron chi connectivity index (χ4n) is 2.38. The predicted octanol–water partition coefficient (Wildman–Crippen LogP) is 0.575. The molecule has 2 heterocycles. The molecule has 6 heteroatoms. The first kappa shape index (κ1) is 12.8.